The van der Waals surface area contributed by atoms with Gasteiger partial charge in [-0.25, -0.2) is 0 Å². The standard InChI is InChI=1S/C12H28N2/c1-7-10-13-11(8-2)12(4,9-3)14(5)6/h11,13H,7-10H2,1-6H3. The molecule has 2 unspecified atom stereocenters. The largest absolute Gasteiger partial charge is 0.312 e. The molecule has 2 atom stereocenters. The highest BCUT2D eigenvalue weighted by molar-refractivity contribution is 4.93. The average molecular weight is 200 g/mol. The molecule has 0 bridgehead atoms. The molecule has 86 valence electrons. The van der Waals surface area contributed by atoms with Crippen molar-refractivity contribution in [3.8, 4) is 0 Å². The third-order valence-corrected chi connectivity index (χ3v) is 3.54. The van der Waals surface area contributed by atoms with E-state index in [-0.39, 0.29) is 5.54 Å². The van der Waals surface area contributed by atoms with Crippen LogP contribution in [0.1, 0.15) is 47.0 Å². The number of nitrogens with one attached hydrogen (secondary N) is 1. The number of nitrogens with zero attached hydrogens (tertiary/aromatic N) is 1. The lowest BCUT2D eigenvalue weighted by molar-refractivity contribution is 0.110. The van der Waals surface area contributed by atoms with Crippen LogP contribution in [-0.4, -0.2) is 37.1 Å². The van der Waals surface area contributed by atoms with Gasteiger partial charge in [-0.1, -0.05) is 20.8 Å². The van der Waals surface area contributed by atoms with Gasteiger partial charge < -0.3 is 10.2 Å². The molecular weight excluding hydrogens is 172 g/mol. The van der Waals surface area contributed by atoms with Gasteiger partial charge in [-0.15, -0.1) is 0 Å². The summed E-state index contributed by atoms with van der Waals surface area (Å²) in [5, 5.41) is 3.65. The van der Waals surface area contributed by atoms with Crippen molar-refractivity contribution >= 4 is 0 Å². The summed E-state index contributed by atoms with van der Waals surface area (Å²) >= 11 is 0. The van der Waals surface area contributed by atoms with Gasteiger partial charge in [-0.2, -0.15) is 0 Å². The fourth-order valence-corrected chi connectivity index (χ4v) is 2.00. The highest BCUT2D eigenvalue weighted by Gasteiger charge is 2.32. The quantitative estimate of drug-likeness (QED) is 0.679. The summed E-state index contributed by atoms with van der Waals surface area (Å²) in [5.41, 5.74) is 0.282. The van der Waals surface area contributed by atoms with Crippen LogP contribution in [0.4, 0.5) is 0 Å². The predicted molar refractivity (Wildman–Crippen MR) is 64.8 cm³/mol. The van der Waals surface area contributed by atoms with E-state index in [0.717, 1.165) is 6.54 Å². The van der Waals surface area contributed by atoms with Gasteiger partial charge in [-0.05, 0) is 46.8 Å². The summed E-state index contributed by atoms with van der Waals surface area (Å²) < 4.78 is 0. The fraction of sp³-hybridized carbons (Fsp3) is 1.00. The number of hydrogen-bond acceptors (Lipinski definition) is 2. The first-order valence-electron chi connectivity index (χ1n) is 5.93. The Labute approximate surface area is 90.1 Å². The Morgan fingerprint density at radius 1 is 1.21 bits per heavy atom. The first kappa shape index (κ1) is 13.9. The van der Waals surface area contributed by atoms with Crippen LogP contribution in [-0.2, 0) is 0 Å². The van der Waals surface area contributed by atoms with Crippen LogP contribution in [0, 0.1) is 0 Å². The van der Waals surface area contributed by atoms with Gasteiger partial charge in [0.1, 0.15) is 0 Å². The lowest BCUT2D eigenvalue weighted by atomic mass is 9.86. The van der Waals surface area contributed by atoms with Crippen LogP contribution < -0.4 is 5.32 Å². The van der Waals surface area contributed by atoms with E-state index in [1.165, 1.54) is 19.3 Å². The van der Waals surface area contributed by atoms with E-state index in [1.807, 2.05) is 0 Å². The molecule has 0 radical (unpaired) electrons. The Morgan fingerprint density at radius 3 is 2.07 bits per heavy atom. The van der Waals surface area contributed by atoms with Crippen LogP contribution in [0.15, 0.2) is 0 Å². The van der Waals surface area contributed by atoms with Crippen molar-refractivity contribution in [2.24, 2.45) is 0 Å². The molecular formula is C12H28N2. The van der Waals surface area contributed by atoms with Crippen LogP contribution in [0.2, 0.25) is 0 Å². The van der Waals surface area contributed by atoms with E-state index >= 15 is 0 Å². The Hall–Kier alpha value is -0.0800. The summed E-state index contributed by atoms with van der Waals surface area (Å²) in [4.78, 5) is 2.35. The number of rotatable bonds is 7. The van der Waals surface area contributed by atoms with E-state index in [0.29, 0.717) is 6.04 Å². The molecule has 0 aromatic carbocycles. The van der Waals surface area contributed by atoms with E-state index in [9.17, 15) is 0 Å². The molecule has 2 heteroatoms. The first-order valence-corrected chi connectivity index (χ1v) is 5.93. The minimum atomic E-state index is 0.282. The molecule has 0 rings (SSSR count). The molecule has 2 nitrogen and oxygen atoms in total. The molecule has 0 fully saturated rings. The molecule has 0 saturated carbocycles. The smallest absolute Gasteiger partial charge is 0.0325 e. The Bertz CT molecular complexity index is 145. The maximum atomic E-state index is 3.65. The van der Waals surface area contributed by atoms with E-state index in [1.54, 1.807) is 0 Å². The van der Waals surface area contributed by atoms with Gasteiger partial charge in [0.25, 0.3) is 0 Å². The van der Waals surface area contributed by atoms with E-state index in [2.05, 4.69) is 52.0 Å². The first-order chi connectivity index (χ1) is 6.52. The topological polar surface area (TPSA) is 15.3 Å². The summed E-state index contributed by atoms with van der Waals surface area (Å²) in [7, 11) is 4.36. The Balaban J connectivity index is 4.43. The second-order valence-electron chi connectivity index (χ2n) is 4.52. The second kappa shape index (κ2) is 6.41. The molecule has 14 heavy (non-hydrogen) atoms. The molecule has 0 aliphatic carbocycles. The lowest BCUT2D eigenvalue weighted by Crippen LogP contribution is -2.56. The second-order valence-corrected chi connectivity index (χ2v) is 4.52. The highest BCUT2D eigenvalue weighted by atomic mass is 15.2. The van der Waals surface area contributed by atoms with Gasteiger partial charge in [0.15, 0.2) is 0 Å². The highest BCUT2D eigenvalue weighted by Crippen LogP contribution is 2.22. The maximum Gasteiger partial charge on any atom is 0.0325 e. The van der Waals surface area contributed by atoms with Crippen molar-refractivity contribution in [2.45, 2.75) is 58.5 Å². The molecule has 0 aliphatic heterocycles. The normalized spacial score (nSPS) is 18.2. The summed E-state index contributed by atoms with van der Waals surface area (Å²) in [6.45, 7) is 10.2. The van der Waals surface area contributed by atoms with Crippen LogP contribution in [0.25, 0.3) is 0 Å². The Kier molecular flexibility index (Phi) is 6.38. The van der Waals surface area contributed by atoms with Crippen LogP contribution in [0.5, 0.6) is 0 Å². The van der Waals surface area contributed by atoms with Gasteiger partial charge in [0.05, 0.1) is 0 Å². The van der Waals surface area contributed by atoms with Gasteiger partial charge in [0.2, 0.25) is 0 Å². The van der Waals surface area contributed by atoms with Crippen molar-refractivity contribution in [2.75, 3.05) is 20.6 Å². The minimum absolute atomic E-state index is 0.282. The van der Waals surface area contributed by atoms with E-state index in [4.69, 9.17) is 0 Å². The van der Waals surface area contributed by atoms with Crippen LogP contribution >= 0.6 is 0 Å². The monoisotopic (exact) mass is 200 g/mol. The summed E-state index contributed by atoms with van der Waals surface area (Å²) in [6, 6.07) is 0.599. The third kappa shape index (κ3) is 3.25. The van der Waals surface area contributed by atoms with Crippen molar-refractivity contribution < 1.29 is 0 Å². The molecule has 1 N–H and O–H groups in total. The molecule has 0 spiro atoms. The van der Waals surface area contributed by atoms with Crippen molar-refractivity contribution in [1.82, 2.24) is 10.2 Å². The average Bonchev–Trinajstić information content (AvgIpc) is 2.18. The summed E-state index contributed by atoms with van der Waals surface area (Å²) in [6.07, 6.45) is 3.60. The van der Waals surface area contributed by atoms with Gasteiger partial charge in [0, 0.05) is 11.6 Å². The molecule has 0 aromatic rings. The molecule has 0 saturated heterocycles. The van der Waals surface area contributed by atoms with Crippen LogP contribution in [0.3, 0.4) is 0 Å². The lowest BCUT2D eigenvalue weighted by Gasteiger charge is -2.43. The SMILES string of the molecule is CCCNC(CC)C(C)(CC)N(C)C. The zero-order valence-electron chi connectivity index (χ0n) is 10.9. The van der Waals surface area contributed by atoms with E-state index < -0.39 is 0 Å². The molecule has 0 aromatic heterocycles. The third-order valence-electron chi connectivity index (χ3n) is 3.54. The fourth-order valence-electron chi connectivity index (χ4n) is 2.00. The molecule has 0 heterocycles. The molecule has 0 amide bonds. The van der Waals surface area contributed by atoms with Crippen molar-refractivity contribution in [3.05, 3.63) is 0 Å². The van der Waals surface area contributed by atoms with Crippen molar-refractivity contribution in [3.63, 3.8) is 0 Å². The number of hydrogen-bond donors (Lipinski definition) is 1. The Morgan fingerprint density at radius 2 is 1.79 bits per heavy atom. The zero-order chi connectivity index (χ0) is 11.2. The molecule has 0 aliphatic rings. The number of likely N-dealkylation sites (N-methyl/N-ethyl adjacent to an activating group) is 1. The van der Waals surface area contributed by atoms with Gasteiger partial charge in [-0.3, -0.25) is 0 Å². The summed E-state index contributed by atoms with van der Waals surface area (Å²) in [5.74, 6) is 0. The minimum Gasteiger partial charge on any atom is -0.312 e. The predicted octanol–water partition coefficient (Wildman–Crippen LogP) is 2.49. The maximum absolute atomic E-state index is 3.65. The van der Waals surface area contributed by atoms with Gasteiger partial charge >= 0.3 is 0 Å². The zero-order valence-corrected chi connectivity index (χ0v) is 10.9. The van der Waals surface area contributed by atoms with Crippen molar-refractivity contribution in [1.29, 1.82) is 0 Å².